The van der Waals surface area contributed by atoms with Crippen molar-refractivity contribution in [3.05, 3.63) is 5.82 Å². The third-order valence-corrected chi connectivity index (χ3v) is 5.38. The molecule has 0 aliphatic carbocycles. The van der Waals surface area contributed by atoms with Crippen LogP contribution in [-0.4, -0.2) is 43.5 Å². The zero-order valence-electron chi connectivity index (χ0n) is 17.9. The number of hydroxylamine groups is 2. The van der Waals surface area contributed by atoms with Crippen LogP contribution in [0, 0.1) is 0 Å². The average Bonchev–Trinajstić information content (AvgIpc) is 3.36. The number of amides is 2. The summed E-state index contributed by atoms with van der Waals surface area (Å²) in [5, 5.41) is 14.4. The van der Waals surface area contributed by atoms with Crippen molar-refractivity contribution < 1.29 is 19.2 Å². The average molecular weight is 422 g/mol. The summed E-state index contributed by atoms with van der Waals surface area (Å²) in [6, 6.07) is 0. The summed E-state index contributed by atoms with van der Waals surface area (Å²) in [4.78, 5) is 39.3. The molecule has 0 saturated carbocycles. The van der Waals surface area contributed by atoms with Crippen molar-refractivity contribution in [3.8, 4) is 0 Å². The van der Waals surface area contributed by atoms with E-state index in [1.807, 2.05) is 0 Å². The second-order valence-electron chi connectivity index (χ2n) is 7.99. The summed E-state index contributed by atoms with van der Waals surface area (Å²) >= 11 is 0. The molecule has 0 unspecified atom stereocenters. The van der Waals surface area contributed by atoms with E-state index in [0.29, 0.717) is 5.06 Å². The number of imide groups is 1. The number of hydrogen-bond acceptors (Lipinski definition) is 7. The van der Waals surface area contributed by atoms with E-state index in [1.165, 1.54) is 57.8 Å². The van der Waals surface area contributed by atoms with Crippen LogP contribution in [0.1, 0.15) is 109 Å². The van der Waals surface area contributed by atoms with Crippen LogP contribution in [0.5, 0.6) is 0 Å². The molecule has 1 aliphatic heterocycles. The molecule has 30 heavy (non-hydrogen) atoms. The Morgan fingerprint density at radius 3 is 1.80 bits per heavy atom. The zero-order valence-corrected chi connectivity index (χ0v) is 17.9. The lowest BCUT2D eigenvalue weighted by Crippen LogP contribution is -2.31. The molecule has 2 heterocycles. The predicted molar refractivity (Wildman–Crippen MR) is 110 cm³/mol. The maximum Gasteiger partial charge on any atom is 0.333 e. The largest absolute Gasteiger partial charge is 0.333 e. The van der Waals surface area contributed by atoms with Crippen molar-refractivity contribution in [2.45, 2.75) is 109 Å². The van der Waals surface area contributed by atoms with Crippen LogP contribution in [0.4, 0.5) is 0 Å². The number of nitrogens with zero attached hydrogens (tertiary/aromatic N) is 4. The first kappa shape index (κ1) is 24.0. The molecule has 0 aromatic carbocycles. The molecule has 1 aromatic rings. The molecule has 1 saturated heterocycles. The van der Waals surface area contributed by atoms with Crippen molar-refractivity contribution in [1.82, 2.24) is 25.7 Å². The maximum absolute atomic E-state index is 11.7. The number of rotatable bonds is 17. The van der Waals surface area contributed by atoms with Gasteiger partial charge in [-0.1, -0.05) is 70.6 Å². The van der Waals surface area contributed by atoms with E-state index in [2.05, 4.69) is 20.6 Å². The van der Waals surface area contributed by atoms with E-state index in [4.69, 9.17) is 4.84 Å². The Labute approximate surface area is 178 Å². The first-order valence-electron chi connectivity index (χ1n) is 11.5. The van der Waals surface area contributed by atoms with E-state index < -0.39 is 17.8 Å². The lowest BCUT2D eigenvalue weighted by molar-refractivity contribution is -0.197. The lowest BCUT2D eigenvalue weighted by Gasteiger charge is -2.12. The highest BCUT2D eigenvalue weighted by molar-refractivity contribution is 6.01. The second kappa shape index (κ2) is 14.6. The Morgan fingerprint density at radius 2 is 1.30 bits per heavy atom. The van der Waals surface area contributed by atoms with Crippen molar-refractivity contribution in [1.29, 1.82) is 0 Å². The fourth-order valence-corrected chi connectivity index (χ4v) is 3.60. The molecule has 1 aliphatic rings. The fourth-order valence-electron chi connectivity index (χ4n) is 3.60. The number of aromatic nitrogens is 4. The van der Waals surface area contributed by atoms with Crippen molar-refractivity contribution in [2.75, 3.05) is 0 Å². The molecule has 9 nitrogen and oxygen atoms in total. The van der Waals surface area contributed by atoms with Crippen LogP contribution in [0.25, 0.3) is 0 Å². The molecular weight excluding hydrogens is 386 g/mol. The molecule has 1 fully saturated rings. The third-order valence-electron chi connectivity index (χ3n) is 5.38. The number of unbranched alkanes of at least 4 members (excludes halogenated alkanes) is 12. The quantitative estimate of drug-likeness (QED) is 0.300. The highest BCUT2D eigenvalue weighted by atomic mass is 16.7. The third kappa shape index (κ3) is 9.93. The van der Waals surface area contributed by atoms with Crippen molar-refractivity contribution >= 4 is 17.8 Å². The summed E-state index contributed by atoms with van der Waals surface area (Å²) in [5.41, 5.74) is 0. The number of carbonyl (C=O) groups is 3. The smallest absolute Gasteiger partial charge is 0.330 e. The topological polar surface area (TPSA) is 118 Å². The molecule has 9 heteroatoms. The van der Waals surface area contributed by atoms with Gasteiger partial charge >= 0.3 is 5.97 Å². The van der Waals surface area contributed by atoms with Gasteiger partial charge in [0.05, 0.1) is 0 Å². The van der Waals surface area contributed by atoms with E-state index >= 15 is 0 Å². The highest BCUT2D eigenvalue weighted by Crippen LogP contribution is 2.15. The minimum atomic E-state index is -0.492. The molecule has 0 atom stereocenters. The van der Waals surface area contributed by atoms with Gasteiger partial charge in [-0.2, -0.15) is 0 Å². The normalized spacial score (nSPS) is 13.9. The summed E-state index contributed by atoms with van der Waals surface area (Å²) in [6.45, 7) is 0. The molecule has 2 rings (SSSR count). The number of aromatic amines is 1. The van der Waals surface area contributed by atoms with Gasteiger partial charge in [-0.3, -0.25) is 9.59 Å². The Kier molecular flexibility index (Phi) is 11.7. The first-order valence-corrected chi connectivity index (χ1v) is 11.5. The van der Waals surface area contributed by atoms with E-state index in [1.54, 1.807) is 0 Å². The van der Waals surface area contributed by atoms with E-state index in [0.717, 1.165) is 37.9 Å². The van der Waals surface area contributed by atoms with Gasteiger partial charge in [0.2, 0.25) is 0 Å². The van der Waals surface area contributed by atoms with Gasteiger partial charge < -0.3 is 4.84 Å². The maximum atomic E-state index is 11.7. The van der Waals surface area contributed by atoms with E-state index in [-0.39, 0.29) is 19.3 Å². The number of nitrogens with one attached hydrogen (secondary N) is 1. The Morgan fingerprint density at radius 1 is 0.800 bits per heavy atom. The summed E-state index contributed by atoms with van der Waals surface area (Å²) in [5.74, 6) is -0.457. The molecule has 0 bridgehead atoms. The van der Waals surface area contributed by atoms with Gasteiger partial charge in [0.15, 0.2) is 0 Å². The van der Waals surface area contributed by atoms with Crippen LogP contribution in [0.15, 0.2) is 0 Å². The fraction of sp³-hybridized carbons (Fsp3) is 0.810. The molecule has 168 valence electrons. The molecule has 2 amide bonds. The van der Waals surface area contributed by atoms with Crippen LogP contribution >= 0.6 is 0 Å². The summed E-state index contributed by atoms with van der Waals surface area (Å²) in [7, 11) is 0. The van der Waals surface area contributed by atoms with Crippen LogP contribution in [0.3, 0.4) is 0 Å². The monoisotopic (exact) mass is 421 g/mol. The Bertz CT molecular complexity index is 619. The molecular formula is C21H35N5O4. The SMILES string of the molecule is O=C(CCCCCCCCCCCCCCCc1nnn[nH]1)ON1C(=O)CCC1=O. The van der Waals surface area contributed by atoms with Gasteiger partial charge in [0.1, 0.15) is 5.82 Å². The second-order valence-corrected chi connectivity index (χ2v) is 7.99. The van der Waals surface area contributed by atoms with Gasteiger partial charge in [0.25, 0.3) is 11.8 Å². The highest BCUT2D eigenvalue weighted by Gasteiger charge is 2.32. The number of H-pyrrole nitrogens is 1. The number of hydrogen-bond donors (Lipinski definition) is 1. The van der Waals surface area contributed by atoms with Gasteiger partial charge in [-0.15, -0.1) is 10.2 Å². The van der Waals surface area contributed by atoms with Gasteiger partial charge in [-0.25, -0.2) is 9.89 Å². The van der Waals surface area contributed by atoms with Crippen LogP contribution in [0.2, 0.25) is 0 Å². The summed E-state index contributed by atoms with van der Waals surface area (Å²) < 4.78 is 0. The Balaban J connectivity index is 1.28. The minimum Gasteiger partial charge on any atom is -0.330 e. The number of aryl methyl sites for hydroxylation is 1. The minimum absolute atomic E-state index is 0.134. The van der Waals surface area contributed by atoms with Crippen LogP contribution in [-0.2, 0) is 25.6 Å². The molecule has 0 spiro atoms. The van der Waals surface area contributed by atoms with E-state index in [9.17, 15) is 14.4 Å². The predicted octanol–water partition coefficient (Wildman–Crippen LogP) is 3.81. The molecule has 1 aromatic heterocycles. The van der Waals surface area contributed by atoms with Gasteiger partial charge in [-0.05, 0) is 23.3 Å². The lowest BCUT2D eigenvalue weighted by atomic mass is 10.0. The van der Waals surface area contributed by atoms with Crippen molar-refractivity contribution in [2.24, 2.45) is 0 Å². The van der Waals surface area contributed by atoms with Gasteiger partial charge in [0, 0.05) is 25.7 Å². The summed E-state index contributed by atoms with van der Waals surface area (Å²) in [6.07, 6.45) is 16.9. The molecule has 1 N–H and O–H groups in total. The standard InChI is InChI=1S/C21H35N5O4/c27-19-16-17-20(28)26(19)30-21(29)15-13-11-9-7-5-3-1-2-4-6-8-10-12-14-18-22-24-25-23-18/h1-17H2,(H,22,23,24,25). The first-order chi connectivity index (χ1) is 14.7. The van der Waals surface area contributed by atoms with Crippen LogP contribution < -0.4 is 0 Å². The Hall–Kier alpha value is -2.32. The zero-order chi connectivity index (χ0) is 21.4. The van der Waals surface area contributed by atoms with Crippen molar-refractivity contribution in [3.63, 3.8) is 0 Å². The number of carbonyl (C=O) groups excluding carboxylic acids is 3. The number of tetrazole rings is 1. The molecule has 0 radical (unpaired) electrons.